The summed E-state index contributed by atoms with van der Waals surface area (Å²) in [5.41, 5.74) is 1.13. The molecule has 1 amide bonds. The zero-order valence-corrected chi connectivity index (χ0v) is 15.0. The van der Waals surface area contributed by atoms with Crippen molar-refractivity contribution in [3.8, 4) is 6.07 Å². The SMILES string of the molecule is CCNC(=O)c1c(C)sc2nc(Cc3cc(F)cc(C#N)c3)cc(=O)n12. The molecule has 1 N–H and O–H groups in total. The van der Waals surface area contributed by atoms with E-state index in [2.05, 4.69) is 10.3 Å². The summed E-state index contributed by atoms with van der Waals surface area (Å²) in [4.78, 5) is 30.3. The third-order valence-corrected chi connectivity index (χ3v) is 4.72. The molecule has 0 saturated heterocycles. The van der Waals surface area contributed by atoms with Crippen LogP contribution < -0.4 is 10.9 Å². The van der Waals surface area contributed by atoms with Gasteiger partial charge >= 0.3 is 0 Å². The molecule has 8 heteroatoms. The molecule has 26 heavy (non-hydrogen) atoms. The lowest BCUT2D eigenvalue weighted by Crippen LogP contribution is -2.28. The molecule has 0 saturated carbocycles. The van der Waals surface area contributed by atoms with Crippen molar-refractivity contribution in [3.63, 3.8) is 0 Å². The van der Waals surface area contributed by atoms with E-state index in [0.717, 1.165) is 6.07 Å². The molecule has 2 heterocycles. The van der Waals surface area contributed by atoms with Crippen LogP contribution in [0.1, 0.15) is 39.1 Å². The highest BCUT2D eigenvalue weighted by molar-refractivity contribution is 7.17. The number of nitrogens with one attached hydrogen (secondary N) is 1. The van der Waals surface area contributed by atoms with Gasteiger partial charge in [0.2, 0.25) is 0 Å². The number of fused-ring (bicyclic) bond motifs is 1. The van der Waals surface area contributed by atoms with Crippen LogP contribution >= 0.6 is 11.3 Å². The number of benzene rings is 1. The van der Waals surface area contributed by atoms with E-state index in [1.54, 1.807) is 19.9 Å². The Hall–Kier alpha value is -3.05. The second-order valence-corrected chi connectivity index (χ2v) is 6.89. The molecule has 0 aliphatic rings. The van der Waals surface area contributed by atoms with Crippen LogP contribution in [0.3, 0.4) is 0 Å². The number of thiazole rings is 1. The number of hydrogen-bond donors (Lipinski definition) is 1. The first-order chi connectivity index (χ1) is 12.4. The molecule has 0 aliphatic heterocycles. The van der Waals surface area contributed by atoms with Gasteiger partial charge in [0.25, 0.3) is 11.5 Å². The van der Waals surface area contributed by atoms with Gasteiger partial charge in [0.15, 0.2) is 4.96 Å². The summed E-state index contributed by atoms with van der Waals surface area (Å²) in [6, 6.07) is 7.25. The molecule has 132 valence electrons. The van der Waals surface area contributed by atoms with E-state index in [4.69, 9.17) is 5.26 Å². The fourth-order valence-electron chi connectivity index (χ4n) is 2.75. The molecule has 3 aromatic rings. The maximum Gasteiger partial charge on any atom is 0.269 e. The quantitative estimate of drug-likeness (QED) is 0.764. The maximum absolute atomic E-state index is 13.6. The molecule has 0 aliphatic carbocycles. The van der Waals surface area contributed by atoms with E-state index >= 15 is 0 Å². The van der Waals surface area contributed by atoms with Crippen molar-refractivity contribution in [1.82, 2.24) is 14.7 Å². The minimum atomic E-state index is -0.512. The predicted octanol–water partition coefficient (Wildman–Crippen LogP) is 2.42. The lowest BCUT2D eigenvalue weighted by Gasteiger charge is -2.05. The second kappa shape index (κ2) is 7.06. The van der Waals surface area contributed by atoms with Gasteiger partial charge in [-0.15, -0.1) is 11.3 Å². The number of carbonyl (C=O) groups excluding carboxylic acids is 1. The molecule has 3 rings (SSSR count). The summed E-state index contributed by atoms with van der Waals surface area (Å²) in [5, 5.41) is 11.6. The van der Waals surface area contributed by atoms with E-state index in [-0.39, 0.29) is 29.1 Å². The lowest BCUT2D eigenvalue weighted by molar-refractivity contribution is 0.0949. The van der Waals surface area contributed by atoms with E-state index in [9.17, 15) is 14.0 Å². The molecule has 0 unspecified atom stereocenters. The summed E-state index contributed by atoms with van der Waals surface area (Å²) in [6.45, 7) is 4.01. The van der Waals surface area contributed by atoms with E-state index in [0.29, 0.717) is 27.6 Å². The number of carbonyl (C=O) groups is 1. The van der Waals surface area contributed by atoms with Gasteiger partial charge in [0.05, 0.1) is 17.3 Å². The second-order valence-electron chi connectivity index (χ2n) is 5.71. The summed E-state index contributed by atoms with van der Waals surface area (Å²) >= 11 is 1.25. The van der Waals surface area contributed by atoms with Crippen LogP contribution in [0.5, 0.6) is 0 Å². The molecule has 2 aromatic heterocycles. The van der Waals surface area contributed by atoms with Crippen LogP contribution in [-0.2, 0) is 6.42 Å². The first-order valence-electron chi connectivity index (χ1n) is 7.92. The smallest absolute Gasteiger partial charge is 0.269 e. The number of rotatable bonds is 4. The number of hydrogen-bond acceptors (Lipinski definition) is 5. The summed E-state index contributed by atoms with van der Waals surface area (Å²) < 4.78 is 14.9. The number of halogens is 1. The van der Waals surface area contributed by atoms with E-state index in [1.807, 2.05) is 6.07 Å². The summed E-state index contributed by atoms with van der Waals surface area (Å²) in [5.74, 6) is -0.834. The van der Waals surface area contributed by atoms with Crippen molar-refractivity contribution in [2.75, 3.05) is 6.54 Å². The molecule has 6 nitrogen and oxygen atoms in total. The fraction of sp³-hybridized carbons (Fsp3) is 0.222. The largest absolute Gasteiger partial charge is 0.351 e. The van der Waals surface area contributed by atoms with E-state index in [1.165, 1.54) is 27.9 Å². The Morgan fingerprint density at radius 2 is 2.15 bits per heavy atom. The minimum Gasteiger partial charge on any atom is -0.351 e. The average Bonchev–Trinajstić information content (AvgIpc) is 2.91. The topological polar surface area (TPSA) is 87.3 Å². The van der Waals surface area contributed by atoms with Crippen LogP contribution in [0, 0.1) is 24.1 Å². The third kappa shape index (κ3) is 3.34. The number of nitriles is 1. The summed E-state index contributed by atoms with van der Waals surface area (Å²) in [6.07, 6.45) is 0.214. The van der Waals surface area contributed by atoms with Gasteiger partial charge in [-0.2, -0.15) is 5.26 Å². The molecule has 0 bridgehead atoms. The highest BCUT2D eigenvalue weighted by Gasteiger charge is 2.19. The van der Waals surface area contributed by atoms with Gasteiger partial charge < -0.3 is 5.32 Å². The maximum atomic E-state index is 13.6. The number of amides is 1. The first-order valence-corrected chi connectivity index (χ1v) is 8.74. The standard InChI is InChI=1S/C18H15FN4O2S/c1-3-21-17(25)16-10(2)26-18-22-14(8-15(24)23(16)18)7-11-4-12(9-20)6-13(19)5-11/h4-6,8H,3,7H2,1-2H3,(H,21,25). The van der Waals surface area contributed by atoms with Gasteiger partial charge in [-0.3, -0.25) is 9.59 Å². The monoisotopic (exact) mass is 370 g/mol. The van der Waals surface area contributed by atoms with Gasteiger partial charge in [0.1, 0.15) is 11.5 Å². The molecule has 0 atom stereocenters. The fourth-order valence-corrected chi connectivity index (χ4v) is 3.74. The van der Waals surface area contributed by atoms with Gasteiger partial charge in [0, 0.05) is 23.9 Å². The van der Waals surface area contributed by atoms with E-state index < -0.39 is 5.82 Å². The Kier molecular flexibility index (Phi) is 4.82. The zero-order valence-electron chi connectivity index (χ0n) is 14.2. The average molecular weight is 370 g/mol. The first kappa shape index (κ1) is 17.8. The molecule has 1 aromatic carbocycles. The van der Waals surface area contributed by atoms with Crippen molar-refractivity contribution >= 4 is 22.2 Å². The Balaban J connectivity index is 2.05. The van der Waals surface area contributed by atoms with Crippen LogP contribution in [0.15, 0.2) is 29.1 Å². The third-order valence-electron chi connectivity index (χ3n) is 3.77. The molecule has 0 spiro atoms. The van der Waals surface area contributed by atoms with Crippen molar-refractivity contribution in [3.05, 3.63) is 67.8 Å². The van der Waals surface area contributed by atoms with Crippen LogP contribution in [0.4, 0.5) is 4.39 Å². The number of aryl methyl sites for hydroxylation is 1. The summed E-state index contributed by atoms with van der Waals surface area (Å²) in [7, 11) is 0. The minimum absolute atomic E-state index is 0.211. The van der Waals surface area contributed by atoms with Crippen molar-refractivity contribution in [2.45, 2.75) is 20.3 Å². The molecular weight excluding hydrogens is 355 g/mol. The molecule has 0 radical (unpaired) electrons. The number of nitrogens with zero attached hydrogens (tertiary/aromatic N) is 3. The van der Waals surface area contributed by atoms with Crippen LogP contribution in [-0.4, -0.2) is 21.8 Å². The van der Waals surface area contributed by atoms with Crippen molar-refractivity contribution in [1.29, 1.82) is 5.26 Å². The highest BCUT2D eigenvalue weighted by Crippen LogP contribution is 2.21. The molecular formula is C18H15FN4O2S. The number of aromatic nitrogens is 2. The van der Waals surface area contributed by atoms with Crippen molar-refractivity contribution in [2.24, 2.45) is 0 Å². The predicted molar refractivity (Wildman–Crippen MR) is 96.0 cm³/mol. The Labute approximate surface area is 152 Å². The van der Waals surface area contributed by atoms with Gasteiger partial charge in [-0.25, -0.2) is 13.8 Å². The Bertz CT molecular complexity index is 1110. The highest BCUT2D eigenvalue weighted by atomic mass is 32.1. The van der Waals surface area contributed by atoms with Gasteiger partial charge in [-0.1, -0.05) is 0 Å². The zero-order chi connectivity index (χ0) is 18.8. The molecule has 0 fully saturated rings. The van der Waals surface area contributed by atoms with Crippen molar-refractivity contribution < 1.29 is 9.18 Å². The normalized spacial score (nSPS) is 10.7. The van der Waals surface area contributed by atoms with Crippen LogP contribution in [0.2, 0.25) is 0 Å². The Morgan fingerprint density at radius 1 is 1.38 bits per heavy atom. The Morgan fingerprint density at radius 3 is 2.85 bits per heavy atom. The van der Waals surface area contributed by atoms with Crippen LogP contribution in [0.25, 0.3) is 4.96 Å². The lowest BCUT2D eigenvalue weighted by atomic mass is 10.1. The van der Waals surface area contributed by atoms with Gasteiger partial charge in [-0.05, 0) is 37.6 Å².